The van der Waals surface area contributed by atoms with Crippen LogP contribution >= 0.6 is 44.7 Å². The summed E-state index contributed by atoms with van der Waals surface area (Å²) in [7, 11) is 1.64. The molecule has 2 aromatic carbocycles. The van der Waals surface area contributed by atoms with E-state index in [2.05, 4.69) is 26.2 Å². The van der Waals surface area contributed by atoms with Gasteiger partial charge in [0.05, 0.1) is 12.1 Å². The summed E-state index contributed by atoms with van der Waals surface area (Å²) in [6.07, 6.45) is 0.372. The van der Waals surface area contributed by atoms with Crippen molar-refractivity contribution in [1.82, 2.24) is 5.32 Å². The highest BCUT2D eigenvalue weighted by molar-refractivity contribution is 9.10. The molecule has 1 amide bonds. The van der Waals surface area contributed by atoms with Crippen LogP contribution < -0.4 is 11.1 Å². The molecule has 0 atom stereocenters. The van der Waals surface area contributed by atoms with Crippen molar-refractivity contribution in [1.29, 1.82) is 0 Å². The number of thioether (sulfide) groups is 1. The predicted molar refractivity (Wildman–Crippen MR) is 111 cm³/mol. The molecular formula is C17H19Br2N3OS. The van der Waals surface area contributed by atoms with Gasteiger partial charge >= 0.3 is 0 Å². The number of benzene rings is 2. The van der Waals surface area contributed by atoms with E-state index in [1.54, 1.807) is 7.05 Å². The number of amidine groups is 1. The lowest BCUT2D eigenvalue weighted by Gasteiger charge is -2.08. The minimum absolute atomic E-state index is 0. The van der Waals surface area contributed by atoms with Crippen LogP contribution in [0.4, 0.5) is 5.69 Å². The van der Waals surface area contributed by atoms with Crippen LogP contribution in [0.5, 0.6) is 0 Å². The molecular weight excluding hydrogens is 454 g/mol. The molecule has 0 fully saturated rings. The molecule has 0 saturated carbocycles. The van der Waals surface area contributed by atoms with E-state index in [0.717, 1.165) is 21.3 Å². The standard InChI is InChI=1S/C17H18BrN3OS.BrH/c1-20-16(22)10-12-4-2-3-5-13(12)11-23-17(19)21-15-8-6-14(18)7-9-15;/h2-9H,10-11H2,1H3,(H2,19,21)(H,20,22);1H. The van der Waals surface area contributed by atoms with E-state index >= 15 is 0 Å². The van der Waals surface area contributed by atoms with Gasteiger partial charge in [0, 0.05) is 17.3 Å². The average Bonchev–Trinajstić information content (AvgIpc) is 2.56. The Kier molecular flexibility index (Phi) is 9.10. The molecule has 0 unspecified atom stereocenters. The molecule has 4 nitrogen and oxygen atoms in total. The van der Waals surface area contributed by atoms with Crippen molar-refractivity contribution >= 4 is 61.4 Å². The number of carbonyl (C=O) groups excluding carboxylic acids is 1. The molecule has 2 rings (SSSR count). The highest BCUT2D eigenvalue weighted by Gasteiger charge is 2.07. The van der Waals surface area contributed by atoms with Gasteiger partial charge < -0.3 is 11.1 Å². The van der Waals surface area contributed by atoms with Crippen molar-refractivity contribution in [3.8, 4) is 0 Å². The monoisotopic (exact) mass is 471 g/mol. The number of amides is 1. The van der Waals surface area contributed by atoms with Crippen molar-refractivity contribution < 1.29 is 4.79 Å². The molecule has 2 aromatic rings. The third kappa shape index (κ3) is 6.67. The molecule has 0 aliphatic carbocycles. The number of nitrogens with two attached hydrogens (primary N) is 1. The SMILES string of the molecule is Br.CNC(=O)Cc1ccccc1CSC(N)=Nc1ccc(Br)cc1. The lowest BCUT2D eigenvalue weighted by atomic mass is 10.1. The number of halogens is 2. The summed E-state index contributed by atoms with van der Waals surface area (Å²) < 4.78 is 1.01. The van der Waals surface area contributed by atoms with Gasteiger partial charge in [-0.05, 0) is 35.4 Å². The Bertz CT molecular complexity index is 705. The lowest BCUT2D eigenvalue weighted by Crippen LogP contribution is -2.20. The fourth-order valence-corrected chi connectivity index (χ4v) is 2.98. The van der Waals surface area contributed by atoms with Crippen LogP contribution in [-0.4, -0.2) is 18.1 Å². The predicted octanol–water partition coefficient (Wildman–Crippen LogP) is 4.20. The highest BCUT2D eigenvalue weighted by atomic mass is 79.9. The van der Waals surface area contributed by atoms with Crippen LogP contribution in [0.2, 0.25) is 0 Å². The van der Waals surface area contributed by atoms with E-state index in [1.165, 1.54) is 11.8 Å². The van der Waals surface area contributed by atoms with E-state index in [1.807, 2.05) is 48.5 Å². The Morgan fingerprint density at radius 1 is 1.17 bits per heavy atom. The zero-order chi connectivity index (χ0) is 16.7. The van der Waals surface area contributed by atoms with Crippen LogP contribution in [0.3, 0.4) is 0 Å². The second kappa shape index (κ2) is 10.5. The first kappa shape index (κ1) is 20.7. The molecule has 0 bridgehead atoms. The van der Waals surface area contributed by atoms with E-state index in [-0.39, 0.29) is 22.9 Å². The fraction of sp³-hybridized carbons (Fsp3) is 0.176. The number of nitrogens with one attached hydrogen (secondary N) is 1. The zero-order valence-electron chi connectivity index (χ0n) is 13.2. The van der Waals surface area contributed by atoms with Crippen molar-refractivity contribution in [2.75, 3.05) is 7.05 Å². The van der Waals surface area contributed by atoms with Gasteiger partial charge in [0.15, 0.2) is 5.17 Å². The molecule has 7 heteroatoms. The number of carbonyl (C=O) groups is 1. The Morgan fingerprint density at radius 3 is 2.42 bits per heavy atom. The van der Waals surface area contributed by atoms with Gasteiger partial charge in [-0.2, -0.15) is 0 Å². The number of rotatable bonds is 5. The molecule has 128 valence electrons. The summed E-state index contributed by atoms with van der Waals surface area (Å²) >= 11 is 4.85. The number of likely N-dealkylation sites (N-methyl/N-ethyl adjacent to an activating group) is 1. The van der Waals surface area contributed by atoms with E-state index in [0.29, 0.717) is 17.3 Å². The van der Waals surface area contributed by atoms with Crippen molar-refractivity contribution in [2.45, 2.75) is 12.2 Å². The van der Waals surface area contributed by atoms with Crippen molar-refractivity contribution in [3.05, 3.63) is 64.1 Å². The lowest BCUT2D eigenvalue weighted by molar-refractivity contribution is -0.119. The number of hydrogen-bond acceptors (Lipinski definition) is 3. The topological polar surface area (TPSA) is 67.5 Å². The molecule has 24 heavy (non-hydrogen) atoms. The third-order valence-corrected chi connectivity index (χ3v) is 4.56. The second-order valence-corrected chi connectivity index (χ2v) is 6.75. The number of aliphatic imine (C=N–C) groups is 1. The number of hydrogen-bond donors (Lipinski definition) is 2. The first-order valence-electron chi connectivity index (χ1n) is 7.08. The Hall–Kier alpha value is -1.31. The van der Waals surface area contributed by atoms with Crippen molar-refractivity contribution in [2.24, 2.45) is 10.7 Å². The summed E-state index contributed by atoms with van der Waals surface area (Å²) in [5, 5.41) is 3.15. The summed E-state index contributed by atoms with van der Waals surface area (Å²) in [5.74, 6) is 0.679. The molecule has 0 aromatic heterocycles. The maximum atomic E-state index is 11.6. The molecule has 0 aliphatic heterocycles. The zero-order valence-corrected chi connectivity index (χ0v) is 17.3. The summed E-state index contributed by atoms with van der Waals surface area (Å²) in [5.41, 5.74) is 8.91. The molecule has 0 radical (unpaired) electrons. The van der Waals surface area contributed by atoms with Gasteiger partial charge in [0.1, 0.15) is 0 Å². The largest absolute Gasteiger partial charge is 0.378 e. The highest BCUT2D eigenvalue weighted by Crippen LogP contribution is 2.21. The average molecular weight is 473 g/mol. The van der Waals surface area contributed by atoms with Crippen LogP contribution in [0.1, 0.15) is 11.1 Å². The van der Waals surface area contributed by atoms with Crippen LogP contribution in [0, 0.1) is 0 Å². The summed E-state index contributed by atoms with van der Waals surface area (Å²) in [6, 6.07) is 15.5. The smallest absolute Gasteiger partial charge is 0.224 e. The van der Waals surface area contributed by atoms with Crippen LogP contribution in [0.25, 0.3) is 0 Å². The Labute approximate surface area is 165 Å². The summed E-state index contributed by atoms with van der Waals surface area (Å²) in [4.78, 5) is 15.9. The molecule has 0 aliphatic rings. The minimum Gasteiger partial charge on any atom is -0.378 e. The van der Waals surface area contributed by atoms with Gasteiger partial charge in [-0.3, -0.25) is 4.79 Å². The van der Waals surface area contributed by atoms with Crippen LogP contribution in [-0.2, 0) is 17.0 Å². The van der Waals surface area contributed by atoms with Gasteiger partial charge in [-0.25, -0.2) is 4.99 Å². The van der Waals surface area contributed by atoms with E-state index in [9.17, 15) is 4.79 Å². The van der Waals surface area contributed by atoms with Gasteiger partial charge in [-0.15, -0.1) is 17.0 Å². The fourth-order valence-electron chi connectivity index (χ4n) is 1.96. The normalized spacial score (nSPS) is 10.8. The minimum atomic E-state index is -0.000971. The first-order valence-corrected chi connectivity index (χ1v) is 8.86. The van der Waals surface area contributed by atoms with Gasteiger partial charge in [-0.1, -0.05) is 52.0 Å². The molecule has 3 N–H and O–H groups in total. The Morgan fingerprint density at radius 2 is 1.79 bits per heavy atom. The molecule has 0 saturated heterocycles. The maximum Gasteiger partial charge on any atom is 0.224 e. The maximum absolute atomic E-state index is 11.6. The third-order valence-electron chi connectivity index (χ3n) is 3.19. The van der Waals surface area contributed by atoms with E-state index < -0.39 is 0 Å². The molecule has 0 spiro atoms. The Balaban J connectivity index is 0.00000288. The first-order chi connectivity index (χ1) is 11.1. The van der Waals surface area contributed by atoms with Gasteiger partial charge in [0.25, 0.3) is 0 Å². The van der Waals surface area contributed by atoms with Crippen molar-refractivity contribution in [3.63, 3.8) is 0 Å². The quantitative estimate of drug-likeness (QED) is 0.506. The van der Waals surface area contributed by atoms with Crippen LogP contribution in [0.15, 0.2) is 58.0 Å². The number of nitrogens with zero attached hydrogens (tertiary/aromatic N) is 1. The summed E-state index contributed by atoms with van der Waals surface area (Å²) in [6.45, 7) is 0. The molecule has 0 heterocycles. The van der Waals surface area contributed by atoms with E-state index in [4.69, 9.17) is 5.73 Å². The van der Waals surface area contributed by atoms with Gasteiger partial charge in [0.2, 0.25) is 5.91 Å². The second-order valence-electron chi connectivity index (χ2n) is 4.83.